The molecule has 0 radical (unpaired) electrons. The molecule has 0 aliphatic heterocycles. The van der Waals surface area contributed by atoms with Crippen LogP contribution >= 0.6 is 11.3 Å². The van der Waals surface area contributed by atoms with Gasteiger partial charge < -0.3 is 10.2 Å². The van der Waals surface area contributed by atoms with Crippen molar-refractivity contribution >= 4 is 27.6 Å². The molecule has 5 heteroatoms. The molecule has 2 aromatic heterocycles. The Bertz CT molecular complexity index is 656. The first-order valence-electron chi connectivity index (χ1n) is 4.81. The Hall–Kier alpha value is -1.88. The standard InChI is InChI=1S/C11H9N3OS/c1-6-13-8-3-2-7(4-10(8)15-6)9-5-16-11(12)14-9/h2-5H,1H3,(H2,12,14). The Morgan fingerprint density at radius 1 is 1.31 bits per heavy atom. The van der Waals surface area contributed by atoms with Gasteiger partial charge in [-0.25, -0.2) is 9.97 Å². The highest BCUT2D eigenvalue weighted by Crippen LogP contribution is 2.26. The number of aryl methyl sites for hydroxylation is 1. The summed E-state index contributed by atoms with van der Waals surface area (Å²) in [5.41, 5.74) is 9.12. The topological polar surface area (TPSA) is 64.9 Å². The van der Waals surface area contributed by atoms with Crippen LogP contribution < -0.4 is 5.73 Å². The molecule has 0 saturated heterocycles. The minimum atomic E-state index is 0.573. The zero-order valence-corrected chi connectivity index (χ0v) is 9.41. The van der Waals surface area contributed by atoms with Gasteiger partial charge in [0.25, 0.3) is 0 Å². The van der Waals surface area contributed by atoms with Gasteiger partial charge in [0.2, 0.25) is 0 Å². The van der Waals surface area contributed by atoms with E-state index in [2.05, 4.69) is 9.97 Å². The average molecular weight is 231 g/mol. The summed E-state index contributed by atoms with van der Waals surface area (Å²) in [6.07, 6.45) is 0. The minimum Gasteiger partial charge on any atom is -0.441 e. The van der Waals surface area contributed by atoms with Gasteiger partial charge >= 0.3 is 0 Å². The number of nitrogen functional groups attached to an aromatic ring is 1. The van der Waals surface area contributed by atoms with Crippen LogP contribution in [-0.4, -0.2) is 9.97 Å². The molecule has 0 bridgehead atoms. The minimum absolute atomic E-state index is 0.573. The van der Waals surface area contributed by atoms with Crippen molar-refractivity contribution in [3.05, 3.63) is 29.5 Å². The van der Waals surface area contributed by atoms with E-state index in [0.717, 1.165) is 22.4 Å². The molecule has 2 heterocycles. The molecule has 1 aromatic carbocycles. The smallest absolute Gasteiger partial charge is 0.192 e. The quantitative estimate of drug-likeness (QED) is 0.699. The van der Waals surface area contributed by atoms with E-state index in [0.29, 0.717) is 11.0 Å². The van der Waals surface area contributed by atoms with Crippen molar-refractivity contribution < 1.29 is 4.42 Å². The number of hydrogen-bond donors (Lipinski definition) is 1. The second-order valence-corrected chi connectivity index (χ2v) is 4.38. The fourth-order valence-electron chi connectivity index (χ4n) is 1.62. The molecule has 3 aromatic rings. The third kappa shape index (κ3) is 1.45. The lowest BCUT2D eigenvalue weighted by atomic mass is 10.1. The van der Waals surface area contributed by atoms with E-state index < -0.39 is 0 Å². The number of thiazole rings is 1. The number of nitrogens with zero attached hydrogens (tertiary/aromatic N) is 2. The van der Waals surface area contributed by atoms with E-state index in [9.17, 15) is 0 Å². The predicted octanol–water partition coefficient (Wildman–Crippen LogP) is 2.84. The molecule has 0 amide bonds. The van der Waals surface area contributed by atoms with Gasteiger partial charge in [0.15, 0.2) is 16.6 Å². The molecular formula is C11H9N3OS. The van der Waals surface area contributed by atoms with Gasteiger partial charge in [0.05, 0.1) is 5.69 Å². The van der Waals surface area contributed by atoms with E-state index in [1.807, 2.05) is 30.5 Å². The maximum atomic E-state index is 5.60. The first-order valence-corrected chi connectivity index (χ1v) is 5.69. The number of benzene rings is 1. The Balaban J connectivity index is 2.17. The number of aromatic nitrogens is 2. The van der Waals surface area contributed by atoms with Crippen LogP contribution in [0.4, 0.5) is 5.13 Å². The highest BCUT2D eigenvalue weighted by Gasteiger charge is 2.06. The van der Waals surface area contributed by atoms with Crippen molar-refractivity contribution in [3.63, 3.8) is 0 Å². The van der Waals surface area contributed by atoms with E-state index in [-0.39, 0.29) is 0 Å². The summed E-state index contributed by atoms with van der Waals surface area (Å²) in [5, 5.41) is 2.50. The summed E-state index contributed by atoms with van der Waals surface area (Å²) in [4.78, 5) is 8.47. The monoisotopic (exact) mass is 231 g/mol. The summed E-state index contributed by atoms with van der Waals surface area (Å²) in [5.74, 6) is 0.671. The van der Waals surface area contributed by atoms with Gasteiger partial charge in [-0.3, -0.25) is 0 Å². The second kappa shape index (κ2) is 3.31. The lowest BCUT2D eigenvalue weighted by Gasteiger charge is -1.94. The van der Waals surface area contributed by atoms with Gasteiger partial charge in [-0.1, -0.05) is 6.07 Å². The fourth-order valence-corrected chi connectivity index (χ4v) is 2.19. The van der Waals surface area contributed by atoms with Crippen LogP contribution in [0.3, 0.4) is 0 Å². The first kappa shape index (κ1) is 9.35. The maximum Gasteiger partial charge on any atom is 0.192 e. The van der Waals surface area contributed by atoms with Gasteiger partial charge in [-0.15, -0.1) is 11.3 Å². The Kier molecular flexibility index (Phi) is 1.94. The van der Waals surface area contributed by atoms with Crippen molar-refractivity contribution in [2.45, 2.75) is 6.92 Å². The molecule has 0 spiro atoms. The largest absolute Gasteiger partial charge is 0.441 e. The number of hydrogen-bond acceptors (Lipinski definition) is 5. The van der Waals surface area contributed by atoms with Crippen LogP contribution in [0, 0.1) is 6.92 Å². The third-order valence-electron chi connectivity index (χ3n) is 2.31. The van der Waals surface area contributed by atoms with Crippen LogP contribution in [-0.2, 0) is 0 Å². The third-order valence-corrected chi connectivity index (χ3v) is 2.99. The van der Waals surface area contributed by atoms with E-state index in [1.165, 1.54) is 11.3 Å². The van der Waals surface area contributed by atoms with E-state index >= 15 is 0 Å². The van der Waals surface area contributed by atoms with Crippen LogP contribution in [0.1, 0.15) is 5.89 Å². The molecule has 16 heavy (non-hydrogen) atoms. The van der Waals surface area contributed by atoms with Crippen LogP contribution in [0.5, 0.6) is 0 Å². The normalized spacial score (nSPS) is 11.1. The Morgan fingerprint density at radius 3 is 2.94 bits per heavy atom. The van der Waals surface area contributed by atoms with Gasteiger partial charge in [-0.05, 0) is 12.1 Å². The number of fused-ring (bicyclic) bond motifs is 1. The molecule has 0 fully saturated rings. The molecule has 3 rings (SSSR count). The number of anilines is 1. The molecular weight excluding hydrogens is 222 g/mol. The first-order chi connectivity index (χ1) is 7.72. The molecule has 2 N–H and O–H groups in total. The molecule has 0 aliphatic rings. The van der Waals surface area contributed by atoms with Gasteiger partial charge in [0.1, 0.15) is 5.52 Å². The zero-order valence-electron chi connectivity index (χ0n) is 8.60. The lowest BCUT2D eigenvalue weighted by Crippen LogP contribution is -1.82. The van der Waals surface area contributed by atoms with Gasteiger partial charge in [-0.2, -0.15) is 0 Å². The highest BCUT2D eigenvalue weighted by atomic mass is 32.1. The fraction of sp³-hybridized carbons (Fsp3) is 0.0909. The van der Waals surface area contributed by atoms with E-state index in [1.54, 1.807) is 0 Å². The summed E-state index contributed by atoms with van der Waals surface area (Å²) in [6, 6.07) is 5.83. The Morgan fingerprint density at radius 2 is 2.19 bits per heavy atom. The molecule has 0 saturated carbocycles. The van der Waals surface area contributed by atoms with Crippen molar-refractivity contribution in [2.75, 3.05) is 5.73 Å². The van der Waals surface area contributed by atoms with Gasteiger partial charge in [0, 0.05) is 17.9 Å². The summed E-state index contributed by atoms with van der Waals surface area (Å²) < 4.78 is 5.47. The second-order valence-electron chi connectivity index (χ2n) is 3.49. The van der Waals surface area contributed by atoms with Crippen molar-refractivity contribution in [1.82, 2.24) is 9.97 Å². The van der Waals surface area contributed by atoms with E-state index in [4.69, 9.17) is 10.2 Å². The molecule has 80 valence electrons. The summed E-state index contributed by atoms with van der Waals surface area (Å²) >= 11 is 1.43. The SMILES string of the molecule is Cc1nc2ccc(-c3csc(N)n3)cc2o1. The number of nitrogens with two attached hydrogens (primary N) is 1. The van der Waals surface area contributed by atoms with Crippen LogP contribution in [0.15, 0.2) is 28.0 Å². The predicted molar refractivity (Wildman–Crippen MR) is 64.3 cm³/mol. The lowest BCUT2D eigenvalue weighted by molar-refractivity contribution is 0.561. The summed E-state index contributed by atoms with van der Waals surface area (Å²) in [7, 11) is 0. The highest BCUT2D eigenvalue weighted by molar-refractivity contribution is 7.13. The number of rotatable bonds is 1. The summed E-state index contributed by atoms with van der Waals surface area (Å²) in [6.45, 7) is 1.83. The van der Waals surface area contributed by atoms with Crippen molar-refractivity contribution in [1.29, 1.82) is 0 Å². The van der Waals surface area contributed by atoms with Crippen molar-refractivity contribution in [2.24, 2.45) is 0 Å². The molecule has 0 atom stereocenters. The Labute approximate surface area is 95.7 Å². The zero-order chi connectivity index (χ0) is 11.1. The molecule has 4 nitrogen and oxygen atoms in total. The maximum absolute atomic E-state index is 5.60. The average Bonchev–Trinajstić information content (AvgIpc) is 2.81. The van der Waals surface area contributed by atoms with Crippen LogP contribution in [0.25, 0.3) is 22.4 Å². The van der Waals surface area contributed by atoms with Crippen LogP contribution in [0.2, 0.25) is 0 Å². The van der Waals surface area contributed by atoms with Crippen molar-refractivity contribution in [3.8, 4) is 11.3 Å². The molecule has 0 aliphatic carbocycles. The number of oxazole rings is 1. The molecule has 0 unspecified atom stereocenters.